The van der Waals surface area contributed by atoms with Crippen LogP contribution in [-0.4, -0.2) is 19.5 Å². The van der Waals surface area contributed by atoms with E-state index in [9.17, 15) is 0 Å². The summed E-state index contributed by atoms with van der Waals surface area (Å²) in [6.45, 7) is 13.7. The second-order valence-electron chi connectivity index (χ2n) is 15.0. The minimum atomic E-state index is 0.0139. The van der Waals surface area contributed by atoms with Gasteiger partial charge in [0.1, 0.15) is 11.5 Å². The summed E-state index contributed by atoms with van der Waals surface area (Å²) in [5.74, 6) is 1.00. The third-order valence-corrected chi connectivity index (χ3v) is 9.47. The Morgan fingerprint density at radius 3 is 1.90 bits per heavy atom. The average Bonchev–Trinajstić information content (AvgIpc) is 3.66. The number of aromatic nitrogens is 4. The lowest BCUT2D eigenvalue weighted by atomic mass is 9.78. The Kier molecular flexibility index (Phi) is 6.89. The Labute approximate surface area is 282 Å². The molecule has 0 amide bonds. The molecule has 0 aliphatic carbocycles. The number of H-pyrrole nitrogens is 1. The molecule has 4 aromatic heterocycles. The van der Waals surface area contributed by atoms with Crippen LogP contribution in [-0.2, 0) is 10.8 Å². The molecule has 4 heterocycles. The molecule has 236 valence electrons. The molecule has 0 aliphatic rings. The zero-order chi connectivity index (χ0) is 33.2. The monoisotopic (exact) mass is 624 g/mol. The van der Waals surface area contributed by atoms with Gasteiger partial charge >= 0.3 is 0 Å². The number of rotatable bonds is 4. The van der Waals surface area contributed by atoms with Crippen molar-refractivity contribution in [3.63, 3.8) is 0 Å². The quantitative estimate of drug-likeness (QED) is 0.212. The van der Waals surface area contributed by atoms with E-state index in [0.29, 0.717) is 0 Å². The van der Waals surface area contributed by atoms with Crippen molar-refractivity contribution in [2.75, 3.05) is 0 Å². The first-order valence-electron chi connectivity index (χ1n) is 16.7. The zero-order valence-electron chi connectivity index (χ0n) is 28.5. The molecule has 8 aromatic rings. The minimum Gasteiger partial charge on any atom is -0.341 e. The number of fused-ring (bicyclic) bond motifs is 4. The van der Waals surface area contributed by atoms with E-state index in [1.165, 1.54) is 27.5 Å². The first kappa shape index (κ1) is 29.9. The second kappa shape index (κ2) is 11.1. The van der Waals surface area contributed by atoms with Crippen LogP contribution in [0.3, 0.4) is 0 Å². The van der Waals surface area contributed by atoms with Crippen molar-refractivity contribution in [2.24, 2.45) is 0 Å². The minimum absolute atomic E-state index is 0.0139. The summed E-state index contributed by atoms with van der Waals surface area (Å²) in [7, 11) is 0. The van der Waals surface area contributed by atoms with Crippen LogP contribution in [0.5, 0.6) is 0 Å². The molecule has 0 bridgehead atoms. The molecule has 0 aliphatic heterocycles. The molecule has 1 N–H and O–H groups in total. The van der Waals surface area contributed by atoms with Gasteiger partial charge in [-0.15, -0.1) is 0 Å². The van der Waals surface area contributed by atoms with E-state index in [4.69, 9.17) is 9.97 Å². The van der Waals surface area contributed by atoms with E-state index in [1.807, 2.05) is 12.3 Å². The van der Waals surface area contributed by atoms with Gasteiger partial charge in [-0.3, -0.25) is 9.55 Å². The average molecular weight is 625 g/mol. The highest BCUT2D eigenvalue weighted by Gasteiger charge is 2.22. The van der Waals surface area contributed by atoms with Crippen LogP contribution in [0.15, 0.2) is 128 Å². The van der Waals surface area contributed by atoms with Gasteiger partial charge in [-0.25, -0.2) is 4.98 Å². The molecule has 0 unspecified atom stereocenters. The van der Waals surface area contributed by atoms with Crippen LogP contribution in [0.25, 0.3) is 72.3 Å². The van der Waals surface area contributed by atoms with E-state index < -0.39 is 0 Å². The summed E-state index contributed by atoms with van der Waals surface area (Å²) >= 11 is 0. The Morgan fingerprint density at radius 2 is 1.19 bits per heavy atom. The first-order chi connectivity index (χ1) is 23.0. The summed E-state index contributed by atoms with van der Waals surface area (Å²) < 4.78 is 2.26. The van der Waals surface area contributed by atoms with Crippen molar-refractivity contribution in [3.8, 4) is 39.5 Å². The molecule has 0 saturated heterocycles. The van der Waals surface area contributed by atoms with Crippen LogP contribution in [0, 0.1) is 0 Å². The molecular formula is C44H40N4. The van der Waals surface area contributed by atoms with E-state index in [-0.39, 0.29) is 10.8 Å². The maximum atomic E-state index is 5.43. The molecule has 4 nitrogen and oxygen atoms in total. The highest BCUT2D eigenvalue weighted by molar-refractivity contribution is 6.08. The van der Waals surface area contributed by atoms with Gasteiger partial charge < -0.3 is 4.98 Å². The largest absolute Gasteiger partial charge is 0.341 e. The van der Waals surface area contributed by atoms with Gasteiger partial charge in [0.2, 0.25) is 0 Å². The first-order valence-corrected chi connectivity index (χ1v) is 16.7. The molecule has 0 saturated carbocycles. The van der Waals surface area contributed by atoms with Gasteiger partial charge in [-0.2, -0.15) is 0 Å². The number of para-hydroxylation sites is 2. The summed E-state index contributed by atoms with van der Waals surface area (Å²) in [5, 5.41) is 3.48. The summed E-state index contributed by atoms with van der Waals surface area (Å²) in [6.07, 6.45) is 1.86. The number of pyridine rings is 2. The number of hydrogen-bond acceptors (Lipinski definition) is 2. The van der Waals surface area contributed by atoms with Crippen molar-refractivity contribution in [1.29, 1.82) is 0 Å². The fourth-order valence-corrected chi connectivity index (χ4v) is 6.71. The van der Waals surface area contributed by atoms with Crippen LogP contribution >= 0.6 is 0 Å². The third-order valence-electron chi connectivity index (χ3n) is 9.47. The lowest BCUT2D eigenvalue weighted by Gasteiger charge is -2.26. The lowest BCUT2D eigenvalue weighted by molar-refractivity contribution is 0.569. The Hall–Kier alpha value is -5.48. The predicted molar refractivity (Wildman–Crippen MR) is 202 cm³/mol. The van der Waals surface area contributed by atoms with Crippen molar-refractivity contribution in [1.82, 2.24) is 19.5 Å². The number of nitrogens with zero attached hydrogens (tertiary/aromatic N) is 3. The van der Waals surface area contributed by atoms with E-state index >= 15 is 0 Å². The van der Waals surface area contributed by atoms with Gasteiger partial charge in [0.05, 0.1) is 16.9 Å². The van der Waals surface area contributed by atoms with Crippen LogP contribution in [0.2, 0.25) is 0 Å². The number of aromatic amines is 1. The van der Waals surface area contributed by atoms with Gasteiger partial charge in [0.15, 0.2) is 0 Å². The van der Waals surface area contributed by atoms with Crippen molar-refractivity contribution in [2.45, 2.75) is 52.4 Å². The highest BCUT2D eigenvalue weighted by atomic mass is 15.1. The molecular weight excluding hydrogens is 585 g/mol. The smallest absolute Gasteiger partial charge is 0.147 e. The Morgan fingerprint density at radius 1 is 0.542 bits per heavy atom. The normalized spacial score (nSPS) is 12.4. The standard InChI is InChI=1S/C44H40N4/c1-43(2,3)33-24-30(25-34(27-33)44(4,5)6)29-21-31(37-15-11-12-20-45-37)23-32(22-29)39-19-18-36-35-14-8-10-17-40(35)48(42(36)47-39)41-26-28-13-7-9-16-38(28)46-41/h7-27,46H,1-6H3. The predicted octanol–water partition coefficient (Wildman–Crippen LogP) is 11.7. The Bertz CT molecular complexity index is 2400. The Balaban J connectivity index is 1.37. The molecule has 48 heavy (non-hydrogen) atoms. The SMILES string of the molecule is CC(C)(C)c1cc(-c2cc(-c3ccccn3)cc(-c3ccc4c5ccccc5n(-c5cc6ccccc6[nH]5)c4n3)c2)cc(C(C)(C)C)c1. The van der Waals surface area contributed by atoms with Crippen molar-refractivity contribution in [3.05, 3.63) is 139 Å². The maximum absolute atomic E-state index is 5.43. The second-order valence-corrected chi connectivity index (χ2v) is 15.0. The molecule has 0 radical (unpaired) electrons. The summed E-state index contributed by atoms with van der Waals surface area (Å²) in [4.78, 5) is 13.8. The van der Waals surface area contributed by atoms with Gasteiger partial charge in [-0.05, 0) is 93.7 Å². The molecule has 0 spiro atoms. The van der Waals surface area contributed by atoms with Crippen LogP contribution in [0.4, 0.5) is 0 Å². The van der Waals surface area contributed by atoms with E-state index in [2.05, 4.69) is 166 Å². The van der Waals surface area contributed by atoms with Gasteiger partial charge in [-0.1, -0.05) is 102 Å². The molecule has 4 heteroatoms. The number of benzene rings is 4. The molecule has 4 aromatic carbocycles. The summed E-state index contributed by atoms with van der Waals surface area (Å²) in [6, 6.07) is 43.6. The zero-order valence-corrected chi connectivity index (χ0v) is 28.5. The van der Waals surface area contributed by atoms with Crippen LogP contribution < -0.4 is 0 Å². The van der Waals surface area contributed by atoms with Crippen molar-refractivity contribution < 1.29 is 0 Å². The van der Waals surface area contributed by atoms with Crippen molar-refractivity contribution >= 4 is 32.8 Å². The highest BCUT2D eigenvalue weighted by Crippen LogP contribution is 2.38. The topological polar surface area (TPSA) is 46.5 Å². The molecule has 0 atom stereocenters. The maximum Gasteiger partial charge on any atom is 0.147 e. The van der Waals surface area contributed by atoms with E-state index in [0.717, 1.165) is 56.0 Å². The molecule has 8 rings (SSSR count). The number of hydrogen-bond donors (Lipinski definition) is 1. The lowest BCUT2D eigenvalue weighted by Crippen LogP contribution is -2.16. The fraction of sp³-hybridized carbons (Fsp3) is 0.182. The van der Waals surface area contributed by atoms with Gasteiger partial charge in [0.25, 0.3) is 0 Å². The van der Waals surface area contributed by atoms with Gasteiger partial charge in [0, 0.05) is 39.0 Å². The van der Waals surface area contributed by atoms with Crippen LogP contribution in [0.1, 0.15) is 52.7 Å². The third kappa shape index (κ3) is 5.28. The molecule has 0 fully saturated rings. The fourth-order valence-electron chi connectivity index (χ4n) is 6.71. The van der Waals surface area contributed by atoms with E-state index in [1.54, 1.807) is 0 Å². The number of nitrogens with one attached hydrogen (secondary N) is 1. The summed E-state index contributed by atoms with van der Waals surface area (Å²) in [5.41, 5.74) is 12.2.